The zero-order valence-corrected chi connectivity index (χ0v) is 13.5. The van der Waals surface area contributed by atoms with E-state index in [9.17, 15) is 4.79 Å². The van der Waals surface area contributed by atoms with Crippen molar-refractivity contribution < 1.29 is 4.79 Å². The van der Waals surface area contributed by atoms with E-state index in [1.54, 1.807) is 24.9 Å². The van der Waals surface area contributed by atoms with Gasteiger partial charge >= 0.3 is 0 Å². The van der Waals surface area contributed by atoms with Gasteiger partial charge in [0.1, 0.15) is 12.7 Å². The molecule has 3 rings (SSSR count). The van der Waals surface area contributed by atoms with Gasteiger partial charge in [-0.15, -0.1) is 10.2 Å². The minimum Gasteiger partial charge on any atom is -0.349 e. The quantitative estimate of drug-likeness (QED) is 0.920. The van der Waals surface area contributed by atoms with Crippen molar-refractivity contribution in [3.8, 4) is 0 Å². The molecule has 23 heavy (non-hydrogen) atoms. The Hall–Kier alpha value is -2.24. The average Bonchev–Trinajstić information content (AvgIpc) is 3.11. The molecule has 1 fully saturated rings. The number of amides is 1. The van der Waals surface area contributed by atoms with Crippen LogP contribution in [0.15, 0.2) is 31.0 Å². The lowest BCUT2D eigenvalue weighted by Crippen LogP contribution is -2.38. The summed E-state index contributed by atoms with van der Waals surface area (Å²) in [6.45, 7) is 2.11. The molecule has 1 aliphatic carbocycles. The molecule has 1 aliphatic rings. The average molecular weight is 313 g/mol. The van der Waals surface area contributed by atoms with E-state index in [0.29, 0.717) is 11.6 Å². The Kier molecular flexibility index (Phi) is 5.00. The molecule has 0 unspecified atom stereocenters. The van der Waals surface area contributed by atoms with Gasteiger partial charge in [0.05, 0.1) is 0 Å². The molecule has 1 amide bonds. The summed E-state index contributed by atoms with van der Waals surface area (Å²) in [6.07, 6.45) is 11.3. The van der Waals surface area contributed by atoms with Gasteiger partial charge in [-0.05, 0) is 44.2 Å². The molecule has 122 valence electrons. The van der Waals surface area contributed by atoms with E-state index in [-0.39, 0.29) is 11.9 Å². The molecule has 0 atom stereocenters. The first-order chi connectivity index (χ1) is 11.3. The number of hydrogen-bond acceptors (Lipinski definition) is 4. The third-order valence-electron chi connectivity index (χ3n) is 4.48. The van der Waals surface area contributed by atoms with Gasteiger partial charge in [-0.1, -0.05) is 13.3 Å². The Morgan fingerprint density at radius 3 is 2.70 bits per heavy atom. The molecular weight excluding hydrogens is 290 g/mol. The van der Waals surface area contributed by atoms with Gasteiger partial charge in [0, 0.05) is 29.5 Å². The highest BCUT2D eigenvalue weighted by molar-refractivity contribution is 5.94. The summed E-state index contributed by atoms with van der Waals surface area (Å²) in [6, 6.07) is 4.40. The number of nitrogens with one attached hydrogen (secondary N) is 1. The molecule has 1 N–H and O–H groups in total. The van der Waals surface area contributed by atoms with Gasteiger partial charge < -0.3 is 9.88 Å². The molecule has 0 saturated heterocycles. The van der Waals surface area contributed by atoms with Crippen LogP contribution in [-0.2, 0) is 6.42 Å². The second kappa shape index (κ2) is 7.35. The molecule has 0 aromatic carbocycles. The molecule has 6 nitrogen and oxygen atoms in total. The van der Waals surface area contributed by atoms with Crippen molar-refractivity contribution >= 4 is 5.91 Å². The Balaban J connectivity index is 1.54. The van der Waals surface area contributed by atoms with Crippen molar-refractivity contribution in [2.75, 3.05) is 0 Å². The number of pyridine rings is 1. The highest BCUT2D eigenvalue weighted by atomic mass is 16.1. The number of hydrogen-bond donors (Lipinski definition) is 1. The van der Waals surface area contributed by atoms with Crippen LogP contribution in [-0.4, -0.2) is 31.7 Å². The zero-order chi connectivity index (χ0) is 16.1. The van der Waals surface area contributed by atoms with Crippen molar-refractivity contribution in [3.63, 3.8) is 0 Å². The molecule has 0 spiro atoms. The topological polar surface area (TPSA) is 72.7 Å². The minimum atomic E-state index is 0.0116. The molecule has 6 heteroatoms. The maximum Gasteiger partial charge on any atom is 0.251 e. The SMILES string of the molecule is CCCc1cc(C(=O)NC2CCC(n3cnnc3)CC2)ccn1. The van der Waals surface area contributed by atoms with Crippen LogP contribution in [0.25, 0.3) is 0 Å². The lowest BCUT2D eigenvalue weighted by Gasteiger charge is -2.29. The predicted octanol–water partition coefficient (Wildman–Crippen LogP) is 2.54. The Morgan fingerprint density at radius 1 is 1.26 bits per heavy atom. The summed E-state index contributed by atoms with van der Waals surface area (Å²) < 4.78 is 2.07. The van der Waals surface area contributed by atoms with Gasteiger partial charge in [0.2, 0.25) is 0 Å². The summed E-state index contributed by atoms with van der Waals surface area (Å²) in [4.78, 5) is 16.7. The molecule has 2 heterocycles. The van der Waals surface area contributed by atoms with Crippen LogP contribution in [0, 0.1) is 0 Å². The Morgan fingerprint density at radius 2 is 2.00 bits per heavy atom. The third-order valence-corrected chi connectivity index (χ3v) is 4.48. The highest BCUT2D eigenvalue weighted by Gasteiger charge is 2.23. The largest absolute Gasteiger partial charge is 0.349 e. The molecule has 1 saturated carbocycles. The van der Waals surface area contributed by atoms with E-state index in [0.717, 1.165) is 44.2 Å². The van der Waals surface area contributed by atoms with E-state index < -0.39 is 0 Å². The zero-order valence-electron chi connectivity index (χ0n) is 13.5. The van der Waals surface area contributed by atoms with E-state index in [1.165, 1.54) is 0 Å². The van der Waals surface area contributed by atoms with Crippen LogP contribution in [0.3, 0.4) is 0 Å². The van der Waals surface area contributed by atoms with E-state index >= 15 is 0 Å². The monoisotopic (exact) mass is 313 g/mol. The van der Waals surface area contributed by atoms with E-state index in [4.69, 9.17) is 0 Å². The fraction of sp³-hybridized carbons (Fsp3) is 0.529. The van der Waals surface area contributed by atoms with Gasteiger partial charge in [-0.3, -0.25) is 9.78 Å². The maximum absolute atomic E-state index is 12.4. The van der Waals surface area contributed by atoms with Gasteiger partial charge in [0.15, 0.2) is 0 Å². The summed E-state index contributed by atoms with van der Waals surface area (Å²) in [7, 11) is 0. The molecular formula is C17H23N5O. The summed E-state index contributed by atoms with van der Waals surface area (Å²) >= 11 is 0. The van der Waals surface area contributed by atoms with Crippen LogP contribution < -0.4 is 5.32 Å². The second-order valence-corrected chi connectivity index (χ2v) is 6.17. The van der Waals surface area contributed by atoms with Crippen LogP contribution in [0.1, 0.15) is 61.1 Å². The van der Waals surface area contributed by atoms with Crippen molar-refractivity contribution in [2.24, 2.45) is 0 Å². The number of aryl methyl sites for hydroxylation is 1. The molecule has 0 radical (unpaired) electrons. The first-order valence-corrected chi connectivity index (χ1v) is 8.36. The molecule has 2 aromatic heterocycles. The Labute approximate surface area is 136 Å². The van der Waals surface area contributed by atoms with Crippen LogP contribution >= 0.6 is 0 Å². The summed E-state index contributed by atoms with van der Waals surface area (Å²) in [5.41, 5.74) is 1.70. The van der Waals surface area contributed by atoms with Crippen LogP contribution in [0.2, 0.25) is 0 Å². The number of carbonyl (C=O) groups excluding carboxylic acids is 1. The fourth-order valence-corrected chi connectivity index (χ4v) is 3.20. The first-order valence-electron chi connectivity index (χ1n) is 8.36. The lowest BCUT2D eigenvalue weighted by molar-refractivity contribution is 0.0922. The minimum absolute atomic E-state index is 0.0116. The Bertz CT molecular complexity index is 632. The van der Waals surface area contributed by atoms with Crippen molar-refractivity contribution in [3.05, 3.63) is 42.2 Å². The summed E-state index contributed by atoms with van der Waals surface area (Å²) in [5, 5.41) is 10.9. The normalized spacial score (nSPS) is 21.1. The fourth-order valence-electron chi connectivity index (χ4n) is 3.20. The number of nitrogens with zero attached hydrogens (tertiary/aromatic N) is 4. The van der Waals surface area contributed by atoms with E-state index in [1.807, 2.05) is 6.07 Å². The number of carbonyl (C=O) groups is 1. The van der Waals surface area contributed by atoms with Gasteiger partial charge in [0.25, 0.3) is 5.91 Å². The van der Waals surface area contributed by atoms with Gasteiger partial charge in [-0.2, -0.15) is 0 Å². The summed E-state index contributed by atoms with van der Waals surface area (Å²) in [5.74, 6) is 0.0116. The van der Waals surface area contributed by atoms with Crippen LogP contribution in [0.5, 0.6) is 0 Å². The number of rotatable bonds is 5. The van der Waals surface area contributed by atoms with Crippen molar-refractivity contribution in [1.82, 2.24) is 25.1 Å². The predicted molar refractivity (Wildman–Crippen MR) is 87.0 cm³/mol. The standard InChI is InChI=1S/C17H23N5O/c1-2-3-15-10-13(8-9-18-15)17(23)21-14-4-6-16(7-5-14)22-11-19-20-12-22/h8-12,14,16H,2-7H2,1H3,(H,21,23). The molecule has 2 aromatic rings. The third kappa shape index (κ3) is 3.94. The first kappa shape index (κ1) is 15.6. The van der Waals surface area contributed by atoms with Gasteiger partial charge in [-0.25, -0.2) is 0 Å². The van der Waals surface area contributed by atoms with E-state index in [2.05, 4.69) is 32.0 Å². The van der Waals surface area contributed by atoms with Crippen LogP contribution in [0.4, 0.5) is 0 Å². The highest BCUT2D eigenvalue weighted by Crippen LogP contribution is 2.28. The smallest absolute Gasteiger partial charge is 0.251 e. The second-order valence-electron chi connectivity index (χ2n) is 6.17. The van der Waals surface area contributed by atoms with Crippen molar-refractivity contribution in [1.29, 1.82) is 0 Å². The maximum atomic E-state index is 12.4. The molecule has 0 bridgehead atoms. The number of aromatic nitrogens is 4. The molecule has 0 aliphatic heterocycles. The van der Waals surface area contributed by atoms with Crippen molar-refractivity contribution in [2.45, 2.75) is 57.5 Å². The lowest BCUT2D eigenvalue weighted by atomic mass is 9.91.